The normalized spacial score (nSPS) is 20.4. The molecule has 1 heterocycles. The smallest absolute Gasteiger partial charge is 0.122 e. The summed E-state index contributed by atoms with van der Waals surface area (Å²) < 4.78 is 5.76. The van der Waals surface area contributed by atoms with E-state index >= 15 is 0 Å². The van der Waals surface area contributed by atoms with Crippen LogP contribution in [0.2, 0.25) is 0 Å². The lowest BCUT2D eigenvalue weighted by Crippen LogP contribution is -2.48. The molecule has 0 amide bonds. The van der Waals surface area contributed by atoms with Gasteiger partial charge in [0.15, 0.2) is 0 Å². The molecule has 3 rings (SSSR count). The number of piperazine rings is 1. The molecule has 5 heteroatoms. The number of nitrogens with one attached hydrogen (secondary N) is 1. The van der Waals surface area contributed by atoms with Crippen molar-refractivity contribution in [2.75, 3.05) is 39.3 Å². The van der Waals surface area contributed by atoms with Crippen LogP contribution in [0.25, 0.3) is 0 Å². The Bertz CT molecular complexity index is 476. The van der Waals surface area contributed by atoms with Gasteiger partial charge in [-0.15, -0.1) is 0 Å². The number of nitrogens with two attached hydrogens (primary N) is 1. The van der Waals surface area contributed by atoms with Crippen molar-refractivity contribution in [3.05, 3.63) is 29.8 Å². The molecule has 1 aromatic carbocycles. The van der Waals surface area contributed by atoms with Gasteiger partial charge in [0, 0.05) is 44.3 Å². The molecular weight excluding hydrogens is 264 g/mol. The fraction of sp³-hybridized carbons (Fsp3) is 0.562. The monoisotopic (exact) mass is 288 g/mol. The molecule has 0 bridgehead atoms. The number of nitrogen functional groups attached to an aromatic ring is 1. The third-order valence-corrected chi connectivity index (χ3v) is 4.31. The van der Waals surface area contributed by atoms with Crippen molar-refractivity contribution in [1.29, 1.82) is 5.41 Å². The minimum absolute atomic E-state index is 0.0927. The van der Waals surface area contributed by atoms with Crippen LogP contribution in [0.4, 0.5) is 0 Å². The minimum atomic E-state index is 0.0927. The highest BCUT2D eigenvalue weighted by Crippen LogP contribution is 2.27. The van der Waals surface area contributed by atoms with E-state index in [1.54, 1.807) is 0 Å². The molecule has 3 N–H and O–H groups in total. The van der Waals surface area contributed by atoms with E-state index in [1.165, 1.54) is 25.9 Å². The summed E-state index contributed by atoms with van der Waals surface area (Å²) in [5, 5.41) is 7.35. The second-order valence-electron chi connectivity index (χ2n) is 5.90. The van der Waals surface area contributed by atoms with E-state index in [9.17, 15) is 0 Å². The Morgan fingerprint density at radius 3 is 2.38 bits per heavy atom. The number of hydrogen-bond acceptors (Lipinski definition) is 4. The molecule has 1 saturated carbocycles. The molecule has 0 unspecified atom stereocenters. The van der Waals surface area contributed by atoms with Crippen LogP contribution < -0.4 is 10.5 Å². The van der Waals surface area contributed by atoms with Crippen LogP contribution in [-0.4, -0.2) is 61.0 Å². The second-order valence-corrected chi connectivity index (χ2v) is 5.90. The predicted octanol–water partition coefficient (Wildman–Crippen LogP) is 1.13. The number of benzene rings is 1. The van der Waals surface area contributed by atoms with Gasteiger partial charge in [-0.05, 0) is 37.1 Å². The fourth-order valence-electron chi connectivity index (χ4n) is 2.82. The molecule has 1 aliphatic heterocycles. The third kappa shape index (κ3) is 3.95. The molecule has 1 aromatic rings. The number of hydrogen-bond donors (Lipinski definition) is 2. The molecule has 0 radical (unpaired) electrons. The lowest BCUT2D eigenvalue weighted by Gasteiger charge is -2.34. The molecular formula is C16H24N4O. The van der Waals surface area contributed by atoms with Crippen LogP contribution in [0.15, 0.2) is 24.3 Å². The van der Waals surface area contributed by atoms with Crippen molar-refractivity contribution in [3.63, 3.8) is 0 Å². The SMILES string of the molecule is N=C(N)c1ccc(OCCN2CCN(C3CC3)CC2)cc1. The van der Waals surface area contributed by atoms with Gasteiger partial charge >= 0.3 is 0 Å². The molecule has 0 atom stereocenters. The number of ether oxygens (including phenoxy) is 1. The van der Waals surface area contributed by atoms with Crippen LogP contribution >= 0.6 is 0 Å². The third-order valence-electron chi connectivity index (χ3n) is 4.31. The predicted molar refractivity (Wildman–Crippen MR) is 84.0 cm³/mol. The van der Waals surface area contributed by atoms with Gasteiger partial charge < -0.3 is 10.5 Å². The van der Waals surface area contributed by atoms with Gasteiger partial charge in [0.05, 0.1) is 0 Å². The molecule has 21 heavy (non-hydrogen) atoms. The maximum atomic E-state index is 7.35. The highest BCUT2D eigenvalue weighted by atomic mass is 16.5. The largest absolute Gasteiger partial charge is 0.492 e. The van der Waals surface area contributed by atoms with Gasteiger partial charge in [0.1, 0.15) is 18.2 Å². The molecule has 1 saturated heterocycles. The lowest BCUT2D eigenvalue weighted by atomic mass is 10.2. The Kier molecular flexibility index (Phi) is 4.41. The van der Waals surface area contributed by atoms with Crippen molar-refractivity contribution in [1.82, 2.24) is 9.80 Å². The van der Waals surface area contributed by atoms with Gasteiger partial charge in [0.2, 0.25) is 0 Å². The Morgan fingerprint density at radius 2 is 1.81 bits per heavy atom. The first-order valence-corrected chi connectivity index (χ1v) is 7.76. The maximum absolute atomic E-state index is 7.35. The quantitative estimate of drug-likeness (QED) is 0.608. The number of amidine groups is 1. The molecule has 1 aliphatic carbocycles. The summed E-state index contributed by atoms with van der Waals surface area (Å²) in [5.74, 6) is 0.937. The average Bonchev–Trinajstić information content (AvgIpc) is 3.33. The van der Waals surface area contributed by atoms with Gasteiger partial charge in [-0.3, -0.25) is 15.2 Å². The van der Waals surface area contributed by atoms with Crippen molar-refractivity contribution >= 4 is 5.84 Å². The minimum Gasteiger partial charge on any atom is -0.492 e. The van der Waals surface area contributed by atoms with Crippen molar-refractivity contribution in [2.45, 2.75) is 18.9 Å². The van der Waals surface area contributed by atoms with Crippen LogP contribution in [0, 0.1) is 5.41 Å². The van der Waals surface area contributed by atoms with Gasteiger partial charge in [0.25, 0.3) is 0 Å². The topological polar surface area (TPSA) is 65.6 Å². The van der Waals surface area contributed by atoms with Crippen molar-refractivity contribution in [2.24, 2.45) is 5.73 Å². The van der Waals surface area contributed by atoms with Gasteiger partial charge in [-0.2, -0.15) is 0 Å². The van der Waals surface area contributed by atoms with E-state index in [4.69, 9.17) is 15.9 Å². The highest BCUT2D eigenvalue weighted by Gasteiger charge is 2.30. The zero-order valence-electron chi connectivity index (χ0n) is 12.4. The summed E-state index contributed by atoms with van der Waals surface area (Å²) in [6, 6.07) is 8.30. The maximum Gasteiger partial charge on any atom is 0.122 e. The van der Waals surface area contributed by atoms with E-state index in [2.05, 4.69) is 9.80 Å². The Morgan fingerprint density at radius 1 is 1.14 bits per heavy atom. The summed E-state index contributed by atoms with van der Waals surface area (Å²) in [6.45, 7) is 6.41. The second kappa shape index (κ2) is 6.45. The first-order valence-electron chi connectivity index (χ1n) is 7.76. The van der Waals surface area contributed by atoms with Gasteiger partial charge in [-0.1, -0.05) is 0 Å². The van der Waals surface area contributed by atoms with E-state index in [-0.39, 0.29) is 5.84 Å². The number of nitrogens with zero attached hydrogens (tertiary/aromatic N) is 2. The summed E-state index contributed by atoms with van der Waals surface area (Å²) in [4.78, 5) is 5.10. The van der Waals surface area contributed by atoms with Crippen LogP contribution in [0.5, 0.6) is 5.75 Å². The summed E-state index contributed by atoms with van der Waals surface area (Å²) in [6.07, 6.45) is 2.80. The standard InChI is InChI=1S/C16H24N4O/c17-16(18)13-1-5-15(6-2-13)21-12-11-19-7-9-20(10-8-19)14-3-4-14/h1-2,5-6,14H,3-4,7-12H2,(H3,17,18). The van der Waals surface area contributed by atoms with Crippen LogP contribution in [-0.2, 0) is 0 Å². The van der Waals surface area contributed by atoms with E-state index in [1.807, 2.05) is 24.3 Å². The summed E-state index contributed by atoms with van der Waals surface area (Å²) in [5.41, 5.74) is 6.16. The van der Waals surface area contributed by atoms with E-state index in [0.29, 0.717) is 6.61 Å². The zero-order valence-corrected chi connectivity index (χ0v) is 12.4. The Labute approximate surface area is 126 Å². The van der Waals surface area contributed by atoms with Crippen LogP contribution in [0.3, 0.4) is 0 Å². The van der Waals surface area contributed by atoms with Crippen molar-refractivity contribution < 1.29 is 4.74 Å². The molecule has 0 spiro atoms. The number of rotatable bonds is 6. The van der Waals surface area contributed by atoms with Crippen LogP contribution in [0.1, 0.15) is 18.4 Å². The molecule has 5 nitrogen and oxygen atoms in total. The van der Waals surface area contributed by atoms with Gasteiger partial charge in [-0.25, -0.2) is 0 Å². The average molecular weight is 288 g/mol. The summed E-state index contributed by atoms with van der Waals surface area (Å²) >= 11 is 0. The Balaban J connectivity index is 1.37. The van der Waals surface area contributed by atoms with Crippen molar-refractivity contribution in [3.8, 4) is 5.75 Å². The first-order chi connectivity index (χ1) is 10.2. The zero-order chi connectivity index (χ0) is 14.7. The highest BCUT2D eigenvalue weighted by molar-refractivity contribution is 5.94. The Hall–Kier alpha value is -1.59. The lowest BCUT2D eigenvalue weighted by molar-refractivity contribution is 0.112. The molecule has 0 aromatic heterocycles. The molecule has 2 aliphatic rings. The van der Waals surface area contributed by atoms with E-state index < -0.39 is 0 Å². The summed E-state index contributed by atoms with van der Waals surface area (Å²) in [7, 11) is 0. The molecule has 114 valence electrons. The fourth-order valence-corrected chi connectivity index (χ4v) is 2.82. The van der Waals surface area contributed by atoms with E-state index in [0.717, 1.165) is 37.0 Å². The molecule has 2 fully saturated rings. The first kappa shape index (κ1) is 14.4.